The third-order valence-electron chi connectivity index (χ3n) is 2.37. The van der Waals surface area contributed by atoms with Crippen molar-refractivity contribution in [3.8, 4) is 0 Å². The maximum absolute atomic E-state index is 13.0. The number of nitrogens with one attached hydrogen (secondary N) is 2. The number of likely N-dealkylation sites (N-methyl/N-ethyl adjacent to an activating group) is 1. The lowest BCUT2D eigenvalue weighted by Crippen LogP contribution is -2.47. The summed E-state index contributed by atoms with van der Waals surface area (Å²) in [5.41, 5.74) is -0.109. The predicted octanol–water partition coefficient (Wildman–Crippen LogP) is 2.52. The number of hydrogen-bond donors (Lipinski definition) is 2. The van der Waals surface area contributed by atoms with Gasteiger partial charge in [-0.25, -0.2) is 4.39 Å². The molecule has 0 bridgehead atoms. The number of carbonyl (C=O) groups is 1. The van der Waals surface area contributed by atoms with E-state index >= 15 is 0 Å². The number of hydrogen-bond acceptors (Lipinski definition) is 2. The largest absolute Gasteiger partial charge is 0.324 e. The molecular weight excluding hydrogens is 275 g/mol. The standard InChI is InChI=1S/C11H14BrFN2O/c1-11(2,14-3)10(16)15-7-4-5-9(13)8(12)6-7/h4-6,14H,1-3H3,(H,15,16). The summed E-state index contributed by atoms with van der Waals surface area (Å²) in [7, 11) is 1.71. The molecule has 1 amide bonds. The SMILES string of the molecule is CNC(C)(C)C(=O)Nc1ccc(F)c(Br)c1. The fourth-order valence-corrected chi connectivity index (χ4v) is 1.35. The highest BCUT2D eigenvalue weighted by Gasteiger charge is 2.25. The zero-order valence-electron chi connectivity index (χ0n) is 9.40. The van der Waals surface area contributed by atoms with Gasteiger partial charge in [-0.2, -0.15) is 0 Å². The Morgan fingerprint density at radius 1 is 1.44 bits per heavy atom. The van der Waals surface area contributed by atoms with Crippen molar-refractivity contribution < 1.29 is 9.18 Å². The molecule has 1 rings (SSSR count). The van der Waals surface area contributed by atoms with Gasteiger partial charge in [0.1, 0.15) is 5.82 Å². The van der Waals surface area contributed by atoms with E-state index in [2.05, 4.69) is 26.6 Å². The molecule has 0 aliphatic heterocycles. The molecular formula is C11H14BrFN2O. The van der Waals surface area contributed by atoms with Crippen molar-refractivity contribution in [3.05, 3.63) is 28.5 Å². The van der Waals surface area contributed by atoms with Crippen LogP contribution in [0.2, 0.25) is 0 Å². The maximum Gasteiger partial charge on any atom is 0.244 e. The van der Waals surface area contributed by atoms with E-state index in [-0.39, 0.29) is 11.7 Å². The summed E-state index contributed by atoms with van der Waals surface area (Å²) in [5.74, 6) is -0.528. The first kappa shape index (κ1) is 13.1. The van der Waals surface area contributed by atoms with Crippen LogP contribution in [0.1, 0.15) is 13.8 Å². The van der Waals surface area contributed by atoms with Gasteiger partial charge in [0.2, 0.25) is 5.91 Å². The molecule has 16 heavy (non-hydrogen) atoms. The van der Waals surface area contributed by atoms with Crippen LogP contribution in [0.5, 0.6) is 0 Å². The van der Waals surface area contributed by atoms with Crippen LogP contribution in [0.15, 0.2) is 22.7 Å². The van der Waals surface area contributed by atoms with Crippen LogP contribution < -0.4 is 10.6 Å². The lowest BCUT2D eigenvalue weighted by atomic mass is 10.1. The number of carbonyl (C=O) groups excluding carboxylic acids is 1. The van der Waals surface area contributed by atoms with Gasteiger partial charge in [0, 0.05) is 5.69 Å². The molecule has 0 aliphatic carbocycles. The van der Waals surface area contributed by atoms with Crippen LogP contribution in [-0.4, -0.2) is 18.5 Å². The summed E-state index contributed by atoms with van der Waals surface area (Å²) in [6, 6.07) is 4.34. The zero-order valence-corrected chi connectivity index (χ0v) is 11.0. The Kier molecular flexibility index (Phi) is 4.04. The molecule has 0 fully saturated rings. The number of amides is 1. The van der Waals surface area contributed by atoms with Crippen molar-refractivity contribution in [2.24, 2.45) is 0 Å². The minimum absolute atomic E-state index is 0.173. The van der Waals surface area contributed by atoms with Gasteiger partial charge in [0.15, 0.2) is 0 Å². The van der Waals surface area contributed by atoms with E-state index < -0.39 is 5.54 Å². The van der Waals surface area contributed by atoms with Crippen LogP contribution in [0.4, 0.5) is 10.1 Å². The van der Waals surface area contributed by atoms with Gasteiger partial charge < -0.3 is 10.6 Å². The van der Waals surface area contributed by atoms with Gasteiger partial charge in [0.25, 0.3) is 0 Å². The molecule has 0 spiro atoms. The molecule has 0 atom stereocenters. The van der Waals surface area contributed by atoms with Crippen LogP contribution >= 0.6 is 15.9 Å². The Bertz CT molecular complexity index is 407. The molecule has 0 saturated heterocycles. The van der Waals surface area contributed by atoms with Crippen LogP contribution in [0.3, 0.4) is 0 Å². The van der Waals surface area contributed by atoms with E-state index in [1.807, 2.05) is 0 Å². The number of halogens is 2. The fourth-order valence-electron chi connectivity index (χ4n) is 0.975. The Hall–Kier alpha value is -0.940. The van der Waals surface area contributed by atoms with Crippen LogP contribution in [0.25, 0.3) is 0 Å². The van der Waals surface area contributed by atoms with E-state index in [0.717, 1.165) is 0 Å². The summed E-state index contributed by atoms with van der Waals surface area (Å²) in [5, 5.41) is 5.59. The molecule has 0 heterocycles. The predicted molar refractivity (Wildman–Crippen MR) is 65.9 cm³/mol. The summed E-state index contributed by atoms with van der Waals surface area (Å²) >= 11 is 3.06. The van der Waals surface area contributed by atoms with Crippen molar-refractivity contribution in [1.82, 2.24) is 5.32 Å². The summed E-state index contributed by atoms with van der Waals surface area (Å²) < 4.78 is 13.3. The van der Waals surface area contributed by atoms with E-state index in [0.29, 0.717) is 10.2 Å². The highest BCUT2D eigenvalue weighted by molar-refractivity contribution is 9.10. The first-order valence-electron chi connectivity index (χ1n) is 4.82. The number of anilines is 1. The molecule has 1 aromatic carbocycles. The van der Waals surface area contributed by atoms with Gasteiger partial charge in [-0.05, 0) is 55.0 Å². The monoisotopic (exact) mass is 288 g/mol. The average molecular weight is 289 g/mol. The van der Waals surface area contributed by atoms with Gasteiger partial charge >= 0.3 is 0 Å². The smallest absolute Gasteiger partial charge is 0.244 e. The highest BCUT2D eigenvalue weighted by atomic mass is 79.9. The van der Waals surface area contributed by atoms with E-state index in [4.69, 9.17) is 0 Å². The summed E-state index contributed by atoms with van der Waals surface area (Å²) in [6.07, 6.45) is 0. The number of rotatable bonds is 3. The topological polar surface area (TPSA) is 41.1 Å². The van der Waals surface area contributed by atoms with Crippen LogP contribution in [0, 0.1) is 5.82 Å². The first-order chi connectivity index (χ1) is 7.36. The Morgan fingerprint density at radius 2 is 2.06 bits per heavy atom. The molecule has 88 valence electrons. The third-order valence-corrected chi connectivity index (χ3v) is 2.98. The fraction of sp³-hybridized carbons (Fsp3) is 0.364. The summed E-state index contributed by atoms with van der Waals surface area (Å²) in [4.78, 5) is 11.8. The lowest BCUT2D eigenvalue weighted by molar-refractivity contribution is -0.121. The molecule has 0 aliphatic rings. The van der Waals surface area contributed by atoms with Crippen molar-refractivity contribution in [2.75, 3.05) is 12.4 Å². The molecule has 3 nitrogen and oxygen atoms in total. The van der Waals surface area contributed by atoms with E-state index in [1.54, 1.807) is 20.9 Å². The average Bonchev–Trinajstić information content (AvgIpc) is 2.23. The van der Waals surface area contributed by atoms with Gasteiger partial charge in [-0.15, -0.1) is 0 Å². The number of benzene rings is 1. The normalized spacial score (nSPS) is 11.3. The minimum atomic E-state index is -0.666. The second-order valence-electron chi connectivity index (χ2n) is 3.96. The molecule has 2 N–H and O–H groups in total. The van der Waals surface area contributed by atoms with Crippen molar-refractivity contribution in [1.29, 1.82) is 0 Å². The van der Waals surface area contributed by atoms with Crippen molar-refractivity contribution in [2.45, 2.75) is 19.4 Å². The van der Waals surface area contributed by atoms with Crippen molar-refractivity contribution >= 4 is 27.5 Å². The molecule has 0 saturated carbocycles. The quantitative estimate of drug-likeness (QED) is 0.897. The molecule has 0 radical (unpaired) electrons. The van der Waals surface area contributed by atoms with Gasteiger partial charge in [0.05, 0.1) is 10.0 Å². The zero-order chi connectivity index (χ0) is 12.3. The summed E-state index contributed by atoms with van der Waals surface area (Å²) in [6.45, 7) is 3.53. The molecule has 0 aromatic heterocycles. The van der Waals surface area contributed by atoms with Crippen LogP contribution in [-0.2, 0) is 4.79 Å². The van der Waals surface area contributed by atoms with E-state index in [1.165, 1.54) is 18.2 Å². The third kappa shape index (κ3) is 3.02. The second kappa shape index (κ2) is 4.93. The molecule has 0 unspecified atom stereocenters. The Labute approximate surface area is 103 Å². The Balaban J connectivity index is 2.82. The maximum atomic E-state index is 13.0. The second-order valence-corrected chi connectivity index (χ2v) is 4.81. The van der Waals surface area contributed by atoms with Gasteiger partial charge in [-0.1, -0.05) is 0 Å². The lowest BCUT2D eigenvalue weighted by Gasteiger charge is -2.22. The first-order valence-corrected chi connectivity index (χ1v) is 5.61. The van der Waals surface area contributed by atoms with E-state index in [9.17, 15) is 9.18 Å². The molecule has 5 heteroatoms. The van der Waals surface area contributed by atoms with Gasteiger partial charge in [-0.3, -0.25) is 4.79 Å². The highest BCUT2D eigenvalue weighted by Crippen LogP contribution is 2.20. The molecule has 1 aromatic rings. The Morgan fingerprint density at radius 3 is 2.56 bits per heavy atom. The minimum Gasteiger partial charge on any atom is -0.324 e. The van der Waals surface area contributed by atoms with Crippen molar-refractivity contribution in [3.63, 3.8) is 0 Å².